The average molecular weight is 348 g/mol. The summed E-state index contributed by atoms with van der Waals surface area (Å²) in [5.41, 5.74) is 0.495. The van der Waals surface area contributed by atoms with E-state index in [4.69, 9.17) is 9.26 Å². The van der Waals surface area contributed by atoms with Crippen molar-refractivity contribution in [2.24, 2.45) is 0 Å². The van der Waals surface area contributed by atoms with Crippen LogP contribution in [-0.4, -0.2) is 57.8 Å². The lowest BCUT2D eigenvalue weighted by Crippen LogP contribution is -2.49. The molecule has 0 spiro atoms. The van der Waals surface area contributed by atoms with Crippen LogP contribution in [0.15, 0.2) is 22.8 Å². The Morgan fingerprint density at radius 1 is 1.28 bits per heavy atom. The third kappa shape index (κ3) is 6.01. The highest BCUT2D eigenvalue weighted by Gasteiger charge is 2.26. The first kappa shape index (κ1) is 19.2. The Morgan fingerprint density at radius 2 is 1.96 bits per heavy atom. The fraction of sp³-hybridized carbons (Fsp3) is 0.611. The Morgan fingerprint density at radius 3 is 2.56 bits per heavy atom. The summed E-state index contributed by atoms with van der Waals surface area (Å²) in [6.07, 6.45) is 5.60. The Labute approximate surface area is 149 Å². The van der Waals surface area contributed by atoms with E-state index in [1.807, 2.05) is 52.8 Å². The van der Waals surface area contributed by atoms with Gasteiger partial charge in [0.2, 0.25) is 5.89 Å². The molecule has 1 saturated heterocycles. The molecule has 0 aliphatic carbocycles. The van der Waals surface area contributed by atoms with Crippen LogP contribution in [0.3, 0.4) is 0 Å². The molecule has 1 amide bonds. The second-order valence-corrected chi connectivity index (χ2v) is 7.13. The molecule has 0 atom stereocenters. The van der Waals surface area contributed by atoms with E-state index in [1.165, 1.54) is 0 Å². The van der Waals surface area contributed by atoms with Crippen LogP contribution in [0.4, 0.5) is 4.79 Å². The van der Waals surface area contributed by atoms with Crippen LogP contribution in [0.2, 0.25) is 0 Å². The number of carbonyl (C=O) groups excluding carboxylic acids is 1. The maximum atomic E-state index is 12.1. The summed E-state index contributed by atoms with van der Waals surface area (Å²) < 4.78 is 10.7. The average Bonchev–Trinajstić information content (AvgIpc) is 3.00. The van der Waals surface area contributed by atoms with Crippen molar-refractivity contribution in [1.82, 2.24) is 19.9 Å². The minimum absolute atomic E-state index is 0.253. The summed E-state index contributed by atoms with van der Waals surface area (Å²) in [5, 5.41) is 4.02. The van der Waals surface area contributed by atoms with Gasteiger partial charge in [-0.1, -0.05) is 23.4 Å². The van der Waals surface area contributed by atoms with Gasteiger partial charge in [-0.3, -0.25) is 4.90 Å². The van der Waals surface area contributed by atoms with E-state index >= 15 is 0 Å². The molecular weight excluding hydrogens is 320 g/mol. The zero-order valence-electron chi connectivity index (χ0n) is 15.8. The van der Waals surface area contributed by atoms with Gasteiger partial charge in [-0.25, -0.2) is 4.79 Å². The van der Waals surface area contributed by atoms with Crippen molar-refractivity contribution in [2.75, 3.05) is 26.2 Å². The molecule has 1 aliphatic rings. The lowest BCUT2D eigenvalue weighted by atomic mass is 10.2. The van der Waals surface area contributed by atoms with E-state index in [9.17, 15) is 4.79 Å². The molecule has 1 aromatic rings. The Kier molecular flexibility index (Phi) is 6.36. The van der Waals surface area contributed by atoms with Gasteiger partial charge in [-0.05, 0) is 40.2 Å². The lowest BCUT2D eigenvalue weighted by Gasteiger charge is -2.34. The van der Waals surface area contributed by atoms with E-state index in [1.54, 1.807) is 4.90 Å². The number of amides is 1. The van der Waals surface area contributed by atoms with E-state index in [0.717, 1.165) is 18.7 Å². The van der Waals surface area contributed by atoms with E-state index in [-0.39, 0.29) is 6.09 Å². The first-order valence-corrected chi connectivity index (χ1v) is 8.61. The summed E-state index contributed by atoms with van der Waals surface area (Å²) in [6, 6.07) is 0. The maximum Gasteiger partial charge on any atom is 0.410 e. The number of hydrogen-bond acceptors (Lipinski definition) is 6. The summed E-state index contributed by atoms with van der Waals surface area (Å²) in [5.74, 6) is 1.20. The zero-order chi connectivity index (χ0) is 18.4. The monoisotopic (exact) mass is 348 g/mol. The number of piperazine rings is 1. The van der Waals surface area contributed by atoms with Gasteiger partial charge in [0, 0.05) is 26.2 Å². The van der Waals surface area contributed by atoms with Crippen LogP contribution in [-0.2, 0) is 11.3 Å². The summed E-state index contributed by atoms with van der Waals surface area (Å²) in [7, 11) is 0. The van der Waals surface area contributed by atoms with Crippen molar-refractivity contribution >= 4 is 11.7 Å². The Balaban J connectivity index is 1.84. The number of allylic oxidation sites excluding steroid dienone is 4. The standard InChI is InChI=1S/C18H28N4O3/c1-6-7-8-14(2)16-19-15(25-20-16)13-21-9-11-22(12-10-21)17(23)24-18(3,4)5/h6-8H,9-13H2,1-5H3/b7-6-,14-8+. The third-order valence-electron chi connectivity index (χ3n) is 3.74. The van der Waals surface area contributed by atoms with Gasteiger partial charge in [-0.15, -0.1) is 0 Å². The van der Waals surface area contributed by atoms with E-state index < -0.39 is 5.60 Å². The molecule has 1 aromatic heterocycles. The smallest absolute Gasteiger partial charge is 0.410 e. The molecule has 0 aromatic carbocycles. The van der Waals surface area contributed by atoms with Gasteiger partial charge >= 0.3 is 6.09 Å². The molecule has 7 nitrogen and oxygen atoms in total. The zero-order valence-corrected chi connectivity index (χ0v) is 15.8. The second kappa shape index (κ2) is 8.29. The topological polar surface area (TPSA) is 71.7 Å². The largest absolute Gasteiger partial charge is 0.444 e. The fourth-order valence-corrected chi connectivity index (χ4v) is 2.40. The van der Waals surface area contributed by atoms with Crippen LogP contribution in [0.5, 0.6) is 0 Å². The van der Waals surface area contributed by atoms with Crippen molar-refractivity contribution in [2.45, 2.75) is 46.8 Å². The van der Waals surface area contributed by atoms with Crippen molar-refractivity contribution in [3.05, 3.63) is 29.9 Å². The molecule has 0 unspecified atom stereocenters. The minimum atomic E-state index is -0.466. The van der Waals surface area contributed by atoms with Gasteiger partial charge in [-0.2, -0.15) is 4.98 Å². The van der Waals surface area contributed by atoms with E-state index in [0.29, 0.717) is 31.3 Å². The quantitative estimate of drug-likeness (QED) is 0.779. The van der Waals surface area contributed by atoms with Crippen molar-refractivity contribution in [3.63, 3.8) is 0 Å². The molecular formula is C18H28N4O3. The summed E-state index contributed by atoms with van der Waals surface area (Å²) >= 11 is 0. The highest BCUT2D eigenvalue weighted by atomic mass is 16.6. The summed E-state index contributed by atoms with van der Waals surface area (Å²) in [6.45, 7) is 12.9. The lowest BCUT2D eigenvalue weighted by molar-refractivity contribution is 0.0132. The van der Waals surface area contributed by atoms with Gasteiger partial charge in [0.05, 0.1) is 6.54 Å². The second-order valence-electron chi connectivity index (χ2n) is 7.13. The van der Waals surface area contributed by atoms with Gasteiger partial charge < -0.3 is 14.2 Å². The maximum absolute atomic E-state index is 12.1. The minimum Gasteiger partial charge on any atom is -0.444 e. The number of ether oxygens (including phenoxy) is 1. The van der Waals surface area contributed by atoms with Gasteiger partial charge in [0.1, 0.15) is 5.60 Å². The predicted octanol–water partition coefficient (Wildman–Crippen LogP) is 3.10. The van der Waals surface area contributed by atoms with Gasteiger partial charge in [0.15, 0.2) is 5.82 Å². The molecule has 0 saturated carbocycles. The number of nitrogens with zero attached hydrogens (tertiary/aromatic N) is 4. The van der Waals surface area contributed by atoms with Crippen LogP contribution in [0, 0.1) is 0 Å². The molecule has 0 radical (unpaired) electrons. The molecule has 1 fully saturated rings. The van der Waals surface area contributed by atoms with E-state index in [2.05, 4.69) is 15.0 Å². The fourth-order valence-electron chi connectivity index (χ4n) is 2.40. The van der Waals surface area contributed by atoms with Gasteiger partial charge in [0.25, 0.3) is 0 Å². The van der Waals surface area contributed by atoms with Crippen LogP contribution < -0.4 is 0 Å². The summed E-state index contributed by atoms with van der Waals surface area (Å²) in [4.78, 5) is 20.4. The first-order chi connectivity index (χ1) is 11.8. The van der Waals surface area contributed by atoms with Crippen LogP contribution in [0.25, 0.3) is 5.57 Å². The molecule has 7 heteroatoms. The molecule has 0 N–H and O–H groups in total. The molecule has 138 valence electrons. The van der Waals surface area contributed by atoms with Crippen molar-refractivity contribution in [3.8, 4) is 0 Å². The van der Waals surface area contributed by atoms with Crippen LogP contribution >= 0.6 is 0 Å². The highest BCUT2D eigenvalue weighted by molar-refractivity contribution is 5.68. The number of hydrogen-bond donors (Lipinski definition) is 0. The number of aromatic nitrogens is 2. The molecule has 1 aliphatic heterocycles. The first-order valence-electron chi connectivity index (χ1n) is 8.61. The Bertz CT molecular complexity index is 635. The number of carbonyl (C=O) groups is 1. The number of rotatable bonds is 4. The van der Waals surface area contributed by atoms with Crippen molar-refractivity contribution < 1.29 is 14.1 Å². The normalized spacial score (nSPS) is 17.3. The molecule has 2 rings (SSSR count). The third-order valence-corrected chi connectivity index (χ3v) is 3.74. The van der Waals surface area contributed by atoms with Crippen LogP contribution in [0.1, 0.15) is 46.3 Å². The molecule has 25 heavy (non-hydrogen) atoms. The molecule has 0 bridgehead atoms. The Hall–Kier alpha value is -2.15. The highest BCUT2D eigenvalue weighted by Crippen LogP contribution is 2.14. The SMILES string of the molecule is C/C=C\C=C(/C)c1noc(CN2CCN(C(=O)OC(C)(C)C)CC2)n1. The predicted molar refractivity (Wildman–Crippen MR) is 95.8 cm³/mol. The van der Waals surface area contributed by atoms with Crippen molar-refractivity contribution in [1.29, 1.82) is 0 Å². The molecule has 2 heterocycles.